The Morgan fingerprint density at radius 3 is 2.48 bits per heavy atom. The van der Waals surface area contributed by atoms with E-state index in [9.17, 15) is 4.79 Å². The van der Waals surface area contributed by atoms with E-state index in [0.717, 1.165) is 49.5 Å². The standard InChI is InChI=1S/C25H46O4/c1-7-9-22-18(2)14-19(3)23(22)16-25(5,6)17-27-11-8-12-29-24(26)21-10-13-28-20(4)15-21/h18-23H,7-17H2,1-6H3. The molecule has 1 saturated carbocycles. The molecule has 2 aliphatic rings. The number of carbonyl (C=O) groups excluding carboxylic acids is 1. The first-order valence-corrected chi connectivity index (χ1v) is 12.1. The average Bonchev–Trinajstić information content (AvgIpc) is 2.91. The Kier molecular flexibility index (Phi) is 9.94. The minimum Gasteiger partial charge on any atom is -0.465 e. The van der Waals surface area contributed by atoms with E-state index >= 15 is 0 Å². The summed E-state index contributed by atoms with van der Waals surface area (Å²) in [5, 5.41) is 0. The van der Waals surface area contributed by atoms with Crippen LogP contribution in [0.1, 0.15) is 86.5 Å². The van der Waals surface area contributed by atoms with Gasteiger partial charge in [0.1, 0.15) is 0 Å². The maximum absolute atomic E-state index is 12.2. The molecular formula is C25H46O4. The smallest absolute Gasteiger partial charge is 0.309 e. The van der Waals surface area contributed by atoms with Gasteiger partial charge in [0.05, 0.1) is 25.2 Å². The summed E-state index contributed by atoms with van der Waals surface area (Å²) in [6.45, 7) is 16.5. The van der Waals surface area contributed by atoms with Crippen LogP contribution in [-0.4, -0.2) is 38.5 Å². The minimum atomic E-state index is -0.0632. The Labute approximate surface area is 179 Å². The largest absolute Gasteiger partial charge is 0.465 e. The zero-order valence-corrected chi connectivity index (χ0v) is 19.9. The first-order valence-electron chi connectivity index (χ1n) is 12.1. The van der Waals surface area contributed by atoms with E-state index < -0.39 is 0 Å². The maximum Gasteiger partial charge on any atom is 0.309 e. The second-order valence-electron chi connectivity index (χ2n) is 10.7. The molecule has 0 bridgehead atoms. The van der Waals surface area contributed by atoms with E-state index in [4.69, 9.17) is 14.2 Å². The van der Waals surface area contributed by atoms with Gasteiger partial charge in [-0.3, -0.25) is 4.79 Å². The molecular weight excluding hydrogens is 364 g/mol. The molecule has 29 heavy (non-hydrogen) atoms. The predicted octanol–water partition coefficient (Wildman–Crippen LogP) is 5.88. The van der Waals surface area contributed by atoms with Crippen LogP contribution in [0.2, 0.25) is 0 Å². The second-order valence-corrected chi connectivity index (χ2v) is 10.7. The quantitative estimate of drug-likeness (QED) is 0.315. The summed E-state index contributed by atoms with van der Waals surface area (Å²) >= 11 is 0. The zero-order chi connectivity index (χ0) is 21.4. The molecule has 1 aliphatic carbocycles. The second kappa shape index (κ2) is 11.7. The van der Waals surface area contributed by atoms with Crippen molar-refractivity contribution >= 4 is 5.97 Å². The topological polar surface area (TPSA) is 44.8 Å². The van der Waals surface area contributed by atoms with Gasteiger partial charge in [0.25, 0.3) is 0 Å². The van der Waals surface area contributed by atoms with Crippen LogP contribution in [0.3, 0.4) is 0 Å². The van der Waals surface area contributed by atoms with Crippen molar-refractivity contribution in [3.8, 4) is 0 Å². The molecule has 0 amide bonds. The molecule has 170 valence electrons. The lowest BCUT2D eigenvalue weighted by atomic mass is 9.74. The van der Waals surface area contributed by atoms with Crippen molar-refractivity contribution in [2.24, 2.45) is 35.0 Å². The van der Waals surface area contributed by atoms with Gasteiger partial charge in [-0.2, -0.15) is 0 Å². The van der Waals surface area contributed by atoms with Crippen LogP contribution in [0.5, 0.6) is 0 Å². The molecule has 4 nitrogen and oxygen atoms in total. The van der Waals surface area contributed by atoms with E-state index in [2.05, 4.69) is 34.6 Å². The van der Waals surface area contributed by atoms with Gasteiger partial charge >= 0.3 is 5.97 Å². The molecule has 0 N–H and O–H groups in total. The molecule has 6 atom stereocenters. The Morgan fingerprint density at radius 2 is 1.79 bits per heavy atom. The lowest BCUT2D eigenvalue weighted by Crippen LogP contribution is -2.30. The number of rotatable bonds is 11. The minimum absolute atomic E-state index is 0.00506. The fourth-order valence-electron chi connectivity index (χ4n) is 5.67. The van der Waals surface area contributed by atoms with Gasteiger partial charge in [0.15, 0.2) is 0 Å². The molecule has 1 saturated heterocycles. The van der Waals surface area contributed by atoms with Gasteiger partial charge < -0.3 is 14.2 Å². The van der Waals surface area contributed by atoms with Gasteiger partial charge in [-0.1, -0.05) is 47.5 Å². The van der Waals surface area contributed by atoms with Crippen LogP contribution < -0.4 is 0 Å². The summed E-state index contributed by atoms with van der Waals surface area (Å²) in [4.78, 5) is 12.2. The molecule has 2 fully saturated rings. The lowest BCUT2D eigenvalue weighted by Gasteiger charge is -2.33. The molecule has 6 unspecified atom stereocenters. The van der Waals surface area contributed by atoms with Crippen molar-refractivity contribution in [3.05, 3.63) is 0 Å². The lowest BCUT2D eigenvalue weighted by molar-refractivity contribution is -0.153. The number of esters is 1. The SMILES string of the molecule is CCCC1C(C)CC(C)C1CC(C)(C)COCCCOC(=O)C1CCOC(C)C1. The number of hydrogen-bond acceptors (Lipinski definition) is 4. The Bertz CT molecular complexity index is 489. The molecule has 0 radical (unpaired) electrons. The molecule has 0 spiro atoms. The molecule has 1 heterocycles. The Hall–Kier alpha value is -0.610. The Balaban J connectivity index is 1.63. The molecule has 0 aromatic carbocycles. The fraction of sp³-hybridized carbons (Fsp3) is 0.960. The van der Waals surface area contributed by atoms with Gasteiger partial charge in [-0.15, -0.1) is 0 Å². The van der Waals surface area contributed by atoms with E-state index in [1.165, 1.54) is 25.7 Å². The summed E-state index contributed by atoms with van der Waals surface area (Å²) in [6, 6.07) is 0. The highest BCUT2D eigenvalue weighted by Gasteiger charge is 2.40. The molecule has 2 rings (SSSR count). The van der Waals surface area contributed by atoms with Gasteiger partial charge in [-0.05, 0) is 61.7 Å². The third kappa shape index (κ3) is 7.86. The normalized spacial score (nSPS) is 33.0. The van der Waals surface area contributed by atoms with Crippen molar-refractivity contribution in [2.45, 2.75) is 92.6 Å². The first-order chi connectivity index (χ1) is 13.7. The molecule has 1 aliphatic heterocycles. The monoisotopic (exact) mass is 410 g/mol. The highest BCUT2D eigenvalue weighted by molar-refractivity contribution is 5.72. The number of carbonyl (C=O) groups is 1. The summed E-state index contributed by atoms with van der Waals surface area (Å²) < 4.78 is 17.0. The summed E-state index contributed by atoms with van der Waals surface area (Å²) in [5.74, 6) is 3.33. The highest BCUT2D eigenvalue weighted by Crippen LogP contribution is 2.48. The fourth-order valence-corrected chi connectivity index (χ4v) is 5.67. The predicted molar refractivity (Wildman–Crippen MR) is 118 cm³/mol. The van der Waals surface area contributed by atoms with Gasteiger partial charge in [0.2, 0.25) is 0 Å². The highest BCUT2D eigenvalue weighted by atomic mass is 16.5. The molecule has 4 heteroatoms. The van der Waals surface area contributed by atoms with Crippen LogP contribution >= 0.6 is 0 Å². The van der Waals surface area contributed by atoms with Crippen LogP contribution in [0.15, 0.2) is 0 Å². The molecule has 0 aromatic heterocycles. The summed E-state index contributed by atoms with van der Waals surface area (Å²) in [5.41, 5.74) is 0.198. The average molecular weight is 411 g/mol. The van der Waals surface area contributed by atoms with Crippen LogP contribution in [0, 0.1) is 35.0 Å². The van der Waals surface area contributed by atoms with Crippen molar-refractivity contribution in [3.63, 3.8) is 0 Å². The Morgan fingerprint density at radius 1 is 1.07 bits per heavy atom. The third-order valence-corrected chi connectivity index (χ3v) is 7.15. The van der Waals surface area contributed by atoms with E-state index in [1.54, 1.807) is 0 Å². The van der Waals surface area contributed by atoms with Crippen LogP contribution in [0.4, 0.5) is 0 Å². The van der Waals surface area contributed by atoms with E-state index in [0.29, 0.717) is 19.8 Å². The van der Waals surface area contributed by atoms with E-state index in [-0.39, 0.29) is 23.4 Å². The zero-order valence-electron chi connectivity index (χ0n) is 19.9. The molecule has 0 aromatic rings. The van der Waals surface area contributed by atoms with Crippen molar-refractivity contribution in [2.75, 3.05) is 26.4 Å². The van der Waals surface area contributed by atoms with E-state index in [1.807, 2.05) is 6.92 Å². The van der Waals surface area contributed by atoms with Crippen molar-refractivity contribution in [1.29, 1.82) is 0 Å². The van der Waals surface area contributed by atoms with Crippen LogP contribution in [0.25, 0.3) is 0 Å². The van der Waals surface area contributed by atoms with Crippen molar-refractivity contribution in [1.82, 2.24) is 0 Å². The summed E-state index contributed by atoms with van der Waals surface area (Å²) in [7, 11) is 0. The third-order valence-electron chi connectivity index (χ3n) is 7.15. The number of hydrogen-bond donors (Lipinski definition) is 0. The van der Waals surface area contributed by atoms with Crippen LogP contribution in [-0.2, 0) is 19.0 Å². The van der Waals surface area contributed by atoms with Crippen molar-refractivity contribution < 1.29 is 19.0 Å². The maximum atomic E-state index is 12.2. The van der Waals surface area contributed by atoms with Gasteiger partial charge in [0, 0.05) is 19.6 Å². The summed E-state index contributed by atoms with van der Waals surface area (Å²) in [6.07, 6.45) is 7.78. The first kappa shape index (κ1) is 24.7. The number of ether oxygens (including phenoxy) is 3. The van der Waals surface area contributed by atoms with Gasteiger partial charge in [-0.25, -0.2) is 0 Å².